The van der Waals surface area contributed by atoms with E-state index in [1.807, 2.05) is 41.1 Å². The Morgan fingerprint density at radius 2 is 2.04 bits per heavy atom. The third-order valence-corrected chi connectivity index (χ3v) is 4.01. The van der Waals surface area contributed by atoms with E-state index in [4.69, 9.17) is 0 Å². The summed E-state index contributed by atoms with van der Waals surface area (Å²) in [5, 5.41) is 3.03. The molecule has 1 N–H and O–H groups in total. The molecule has 1 atom stereocenters. The fraction of sp³-hybridized carbons (Fsp3) is 0.263. The number of nitrogens with one attached hydrogen (secondary N) is 1. The fourth-order valence-electron chi connectivity index (χ4n) is 2.77. The van der Waals surface area contributed by atoms with E-state index in [1.54, 1.807) is 24.9 Å². The molecule has 0 radical (unpaired) electrons. The molecule has 3 heterocycles. The van der Waals surface area contributed by atoms with Gasteiger partial charge in [-0.15, -0.1) is 0 Å². The van der Waals surface area contributed by atoms with Gasteiger partial charge in [0.05, 0.1) is 11.6 Å². The molecule has 0 bridgehead atoms. The van der Waals surface area contributed by atoms with Crippen LogP contribution in [0.15, 0.2) is 61.4 Å². The fourth-order valence-corrected chi connectivity index (χ4v) is 2.77. The molecule has 128 valence electrons. The van der Waals surface area contributed by atoms with E-state index in [9.17, 15) is 4.79 Å². The minimum Gasteiger partial charge on any atom is -0.351 e. The molecule has 0 aromatic carbocycles. The van der Waals surface area contributed by atoms with Gasteiger partial charge in [0.2, 0.25) is 5.91 Å². The molecule has 0 aliphatic heterocycles. The standard InChI is InChI=1S/C19H21N5O/c1-2-6-16(17-8-3-4-9-21-17)19(25)23-13-15-7-5-10-22-18(15)24-12-11-20-14-24/h3-5,7-12,14,16H,2,6,13H2,1H3,(H,23,25). The molecule has 3 aromatic heterocycles. The summed E-state index contributed by atoms with van der Waals surface area (Å²) in [5.41, 5.74) is 1.74. The zero-order chi connectivity index (χ0) is 17.5. The van der Waals surface area contributed by atoms with Crippen LogP contribution < -0.4 is 5.32 Å². The molecule has 1 unspecified atom stereocenters. The van der Waals surface area contributed by atoms with Gasteiger partial charge in [-0.05, 0) is 24.6 Å². The van der Waals surface area contributed by atoms with Crippen molar-refractivity contribution < 1.29 is 4.79 Å². The van der Waals surface area contributed by atoms with E-state index < -0.39 is 0 Å². The third-order valence-electron chi connectivity index (χ3n) is 4.01. The van der Waals surface area contributed by atoms with Crippen molar-refractivity contribution in [2.24, 2.45) is 0 Å². The molecule has 0 saturated carbocycles. The first-order chi connectivity index (χ1) is 12.3. The van der Waals surface area contributed by atoms with Gasteiger partial charge in [0.15, 0.2) is 0 Å². The monoisotopic (exact) mass is 335 g/mol. The Morgan fingerprint density at radius 3 is 2.76 bits per heavy atom. The maximum Gasteiger partial charge on any atom is 0.229 e. The van der Waals surface area contributed by atoms with Crippen LogP contribution in [0, 0.1) is 0 Å². The number of carbonyl (C=O) groups is 1. The quantitative estimate of drug-likeness (QED) is 0.720. The van der Waals surface area contributed by atoms with E-state index in [1.165, 1.54) is 0 Å². The Morgan fingerprint density at radius 1 is 1.16 bits per heavy atom. The number of hydrogen-bond acceptors (Lipinski definition) is 4. The van der Waals surface area contributed by atoms with Crippen molar-refractivity contribution in [1.82, 2.24) is 24.8 Å². The highest BCUT2D eigenvalue weighted by atomic mass is 16.1. The van der Waals surface area contributed by atoms with Gasteiger partial charge in [-0.2, -0.15) is 0 Å². The van der Waals surface area contributed by atoms with Crippen LogP contribution in [0.4, 0.5) is 0 Å². The molecule has 3 aromatic rings. The molecule has 0 fully saturated rings. The molecule has 6 heteroatoms. The predicted octanol–water partition coefficient (Wildman–Crippen LogP) is 2.86. The van der Waals surface area contributed by atoms with Gasteiger partial charge in [0.1, 0.15) is 12.1 Å². The number of pyridine rings is 2. The summed E-state index contributed by atoms with van der Waals surface area (Å²) < 4.78 is 1.84. The third kappa shape index (κ3) is 4.09. The Balaban J connectivity index is 1.74. The molecular weight excluding hydrogens is 314 g/mol. The summed E-state index contributed by atoms with van der Waals surface area (Å²) in [5.74, 6) is 0.519. The van der Waals surface area contributed by atoms with Crippen molar-refractivity contribution >= 4 is 5.91 Å². The topological polar surface area (TPSA) is 72.7 Å². The first-order valence-electron chi connectivity index (χ1n) is 8.40. The second kappa shape index (κ2) is 8.19. The predicted molar refractivity (Wildman–Crippen MR) is 95.1 cm³/mol. The second-order valence-electron chi connectivity index (χ2n) is 5.77. The van der Waals surface area contributed by atoms with E-state index in [-0.39, 0.29) is 11.8 Å². The molecule has 1 amide bonds. The van der Waals surface area contributed by atoms with Crippen molar-refractivity contribution in [3.8, 4) is 5.82 Å². The van der Waals surface area contributed by atoms with Crippen molar-refractivity contribution in [3.05, 3.63) is 72.7 Å². The Hall–Kier alpha value is -3.02. The van der Waals surface area contributed by atoms with Crippen molar-refractivity contribution in [3.63, 3.8) is 0 Å². The normalized spacial score (nSPS) is 11.9. The minimum absolute atomic E-state index is 0.0130. The lowest BCUT2D eigenvalue weighted by molar-refractivity contribution is -0.123. The Labute approximate surface area is 147 Å². The smallest absolute Gasteiger partial charge is 0.229 e. The molecule has 0 spiro atoms. The van der Waals surface area contributed by atoms with Crippen LogP contribution in [0.1, 0.15) is 36.9 Å². The Kier molecular flexibility index (Phi) is 5.51. The molecule has 6 nitrogen and oxygen atoms in total. The van der Waals surface area contributed by atoms with Crippen LogP contribution in [0.3, 0.4) is 0 Å². The first-order valence-corrected chi connectivity index (χ1v) is 8.40. The van der Waals surface area contributed by atoms with Crippen LogP contribution >= 0.6 is 0 Å². The highest BCUT2D eigenvalue weighted by molar-refractivity contribution is 5.83. The zero-order valence-corrected chi connectivity index (χ0v) is 14.2. The van der Waals surface area contributed by atoms with Crippen molar-refractivity contribution in [1.29, 1.82) is 0 Å². The van der Waals surface area contributed by atoms with Crippen molar-refractivity contribution in [2.75, 3.05) is 0 Å². The Bertz CT molecular complexity index is 802. The van der Waals surface area contributed by atoms with Gasteiger partial charge in [-0.3, -0.25) is 14.3 Å². The average Bonchev–Trinajstić information content (AvgIpc) is 3.20. The van der Waals surface area contributed by atoms with Gasteiger partial charge in [-0.1, -0.05) is 25.5 Å². The molecule has 25 heavy (non-hydrogen) atoms. The van der Waals surface area contributed by atoms with E-state index >= 15 is 0 Å². The van der Waals surface area contributed by atoms with Crippen LogP contribution in [0.5, 0.6) is 0 Å². The summed E-state index contributed by atoms with van der Waals surface area (Å²) in [6, 6.07) is 9.50. The number of amides is 1. The average molecular weight is 335 g/mol. The second-order valence-corrected chi connectivity index (χ2v) is 5.77. The summed E-state index contributed by atoms with van der Waals surface area (Å²) in [6.07, 6.45) is 10.4. The van der Waals surface area contributed by atoms with Crippen LogP contribution in [0.25, 0.3) is 5.82 Å². The molecule has 0 saturated heterocycles. The molecule has 0 aliphatic rings. The number of aromatic nitrogens is 4. The van der Waals surface area contributed by atoms with Crippen LogP contribution in [-0.4, -0.2) is 25.4 Å². The summed E-state index contributed by atoms with van der Waals surface area (Å²) in [7, 11) is 0. The summed E-state index contributed by atoms with van der Waals surface area (Å²) >= 11 is 0. The number of rotatable bonds is 7. The first kappa shape index (κ1) is 16.8. The highest BCUT2D eigenvalue weighted by Crippen LogP contribution is 2.20. The SMILES string of the molecule is CCCC(C(=O)NCc1cccnc1-n1ccnc1)c1ccccn1. The number of imidazole rings is 1. The van der Waals surface area contributed by atoms with E-state index in [0.29, 0.717) is 6.54 Å². The molecular formula is C19H21N5O. The van der Waals surface area contributed by atoms with Crippen LogP contribution in [0.2, 0.25) is 0 Å². The zero-order valence-electron chi connectivity index (χ0n) is 14.2. The van der Waals surface area contributed by atoms with E-state index in [0.717, 1.165) is 29.9 Å². The lowest BCUT2D eigenvalue weighted by Crippen LogP contribution is -2.30. The summed E-state index contributed by atoms with van der Waals surface area (Å²) in [6.45, 7) is 2.48. The van der Waals surface area contributed by atoms with Gasteiger partial charge in [0, 0.05) is 36.9 Å². The highest BCUT2D eigenvalue weighted by Gasteiger charge is 2.21. The lowest BCUT2D eigenvalue weighted by Gasteiger charge is -2.16. The van der Waals surface area contributed by atoms with Gasteiger partial charge in [-0.25, -0.2) is 9.97 Å². The maximum atomic E-state index is 12.7. The molecule has 3 rings (SSSR count). The van der Waals surface area contributed by atoms with E-state index in [2.05, 4.69) is 27.2 Å². The van der Waals surface area contributed by atoms with Crippen molar-refractivity contribution in [2.45, 2.75) is 32.2 Å². The number of carbonyl (C=O) groups excluding carboxylic acids is 1. The number of hydrogen-bond donors (Lipinski definition) is 1. The lowest BCUT2D eigenvalue weighted by atomic mass is 9.98. The summed E-state index contributed by atoms with van der Waals surface area (Å²) in [4.78, 5) is 25.5. The largest absolute Gasteiger partial charge is 0.351 e. The van der Waals surface area contributed by atoms with Gasteiger partial charge < -0.3 is 5.32 Å². The van der Waals surface area contributed by atoms with Crippen LogP contribution in [-0.2, 0) is 11.3 Å². The number of nitrogens with zero attached hydrogens (tertiary/aromatic N) is 4. The molecule has 0 aliphatic carbocycles. The maximum absolute atomic E-state index is 12.7. The van der Waals surface area contributed by atoms with Gasteiger partial charge in [0.25, 0.3) is 0 Å². The van der Waals surface area contributed by atoms with Gasteiger partial charge >= 0.3 is 0 Å². The minimum atomic E-state index is -0.237.